The predicted molar refractivity (Wildman–Crippen MR) is 110 cm³/mol. The molecule has 0 saturated heterocycles. The highest BCUT2D eigenvalue weighted by atomic mass is 16.5. The van der Waals surface area contributed by atoms with E-state index in [0.717, 1.165) is 17.7 Å². The Hall–Kier alpha value is -2.76. The molecule has 0 fully saturated rings. The monoisotopic (exact) mass is 399 g/mol. The third-order valence-corrected chi connectivity index (χ3v) is 5.47. The average molecular weight is 399 g/mol. The number of ether oxygens (including phenoxy) is 3. The summed E-state index contributed by atoms with van der Waals surface area (Å²) in [4.78, 5) is 25.9. The summed E-state index contributed by atoms with van der Waals surface area (Å²) in [6.45, 7) is 8.39. The van der Waals surface area contributed by atoms with E-state index in [-0.39, 0.29) is 11.2 Å². The molecule has 1 aliphatic heterocycles. The van der Waals surface area contributed by atoms with Crippen molar-refractivity contribution in [2.75, 3.05) is 20.8 Å². The molecule has 0 bridgehead atoms. The fraction of sp³-hybridized carbons (Fsp3) is 0.478. The van der Waals surface area contributed by atoms with Crippen molar-refractivity contribution >= 4 is 11.8 Å². The quantitative estimate of drug-likeness (QED) is 0.758. The van der Waals surface area contributed by atoms with E-state index < -0.39 is 11.9 Å². The molecular formula is C23H29NO5. The molecule has 0 spiro atoms. The third-order valence-electron chi connectivity index (χ3n) is 5.47. The van der Waals surface area contributed by atoms with Gasteiger partial charge in [0.05, 0.1) is 26.4 Å². The minimum Gasteiger partial charge on any atom is -0.493 e. The molecule has 156 valence electrons. The van der Waals surface area contributed by atoms with E-state index in [2.05, 4.69) is 19.2 Å². The summed E-state index contributed by atoms with van der Waals surface area (Å²) in [6, 6.07) is 5.54. The molecule has 29 heavy (non-hydrogen) atoms. The molecule has 6 heteroatoms. The Balaban J connectivity index is 2.21. The average Bonchev–Trinajstić information content (AvgIpc) is 2.65. The second-order valence-corrected chi connectivity index (χ2v) is 8.26. The highest BCUT2D eigenvalue weighted by Crippen LogP contribution is 2.47. The normalized spacial score (nSPS) is 20.8. The largest absolute Gasteiger partial charge is 0.493 e. The van der Waals surface area contributed by atoms with Gasteiger partial charge in [-0.3, -0.25) is 4.79 Å². The number of hydrogen-bond acceptors (Lipinski definition) is 6. The number of methoxy groups -OCH3 is 2. The first kappa shape index (κ1) is 21.0. The number of carbonyl (C=O) groups is 2. The number of esters is 1. The van der Waals surface area contributed by atoms with E-state index in [1.54, 1.807) is 7.11 Å². The van der Waals surface area contributed by atoms with Gasteiger partial charge in [0.2, 0.25) is 0 Å². The van der Waals surface area contributed by atoms with Gasteiger partial charge < -0.3 is 19.5 Å². The first-order valence-electron chi connectivity index (χ1n) is 9.85. The van der Waals surface area contributed by atoms with Crippen LogP contribution in [-0.2, 0) is 14.3 Å². The van der Waals surface area contributed by atoms with Gasteiger partial charge in [-0.1, -0.05) is 19.9 Å². The van der Waals surface area contributed by atoms with Crippen molar-refractivity contribution in [3.63, 3.8) is 0 Å². The first-order valence-corrected chi connectivity index (χ1v) is 9.85. The summed E-state index contributed by atoms with van der Waals surface area (Å²) in [6.07, 6.45) is 1.18. The number of Topliss-reactive ketones (excluding diaryl/α,β-unsaturated/α-hetero) is 1. The number of allylic oxidation sites excluding steroid dienone is 3. The number of dihydropyridines is 1. The maximum Gasteiger partial charge on any atom is 0.336 e. The van der Waals surface area contributed by atoms with Crippen LogP contribution >= 0.6 is 0 Å². The van der Waals surface area contributed by atoms with Crippen LogP contribution in [0.2, 0.25) is 0 Å². The zero-order valence-corrected chi connectivity index (χ0v) is 18.0. The van der Waals surface area contributed by atoms with Crippen molar-refractivity contribution in [2.24, 2.45) is 5.41 Å². The first-order chi connectivity index (χ1) is 13.7. The Morgan fingerprint density at radius 3 is 2.55 bits per heavy atom. The number of ketones is 1. The molecule has 1 N–H and O–H groups in total. The molecule has 1 atom stereocenters. The van der Waals surface area contributed by atoms with Crippen LogP contribution in [0.1, 0.15) is 52.0 Å². The van der Waals surface area contributed by atoms with Gasteiger partial charge in [0.1, 0.15) is 0 Å². The zero-order valence-electron chi connectivity index (χ0n) is 18.0. The molecule has 0 amide bonds. The van der Waals surface area contributed by atoms with E-state index in [1.807, 2.05) is 32.0 Å². The van der Waals surface area contributed by atoms with Crippen LogP contribution in [0.3, 0.4) is 0 Å². The third kappa shape index (κ3) is 3.88. The molecule has 0 radical (unpaired) electrons. The van der Waals surface area contributed by atoms with Crippen LogP contribution in [0.25, 0.3) is 0 Å². The maximum absolute atomic E-state index is 13.2. The smallest absolute Gasteiger partial charge is 0.336 e. The van der Waals surface area contributed by atoms with Gasteiger partial charge in [-0.25, -0.2) is 4.79 Å². The molecule has 1 aliphatic carbocycles. The number of nitrogens with one attached hydrogen (secondary N) is 1. The Bertz CT molecular complexity index is 910. The van der Waals surface area contributed by atoms with Gasteiger partial charge in [-0.05, 0) is 43.4 Å². The second-order valence-electron chi connectivity index (χ2n) is 8.26. The van der Waals surface area contributed by atoms with Crippen molar-refractivity contribution in [1.82, 2.24) is 5.32 Å². The van der Waals surface area contributed by atoms with E-state index in [9.17, 15) is 9.59 Å². The minimum absolute atomic E-state index is 0.0523. The lowest BCUT2D eigenvalue weighted by atomic mass is 9.68. The van der Waals surface area contributed by atoms with E-state index in [0.29, 0.717) is 41.4 Å². The lowest BCUT2D eigenvalue weighted by Gasteiger charge is -2.39. The van der Waals surface area contributed by atoms with Gasteiger partial charge in [0, 0.05) is 29.3 Å². The highest BCUT2D eigenvalue weighted by molar-refractivity contribution is 6.04. The molecule has 6 nitrogen and oxygen atoms in total. The van der Waals surface area contributed by atoms with Crippen LogP contribution in [0.4, 0.5) is 0 Å². The summed E-state index contributed by atoms with van der Waals surface area (Å²) in [5, 5.41) is 3.31. The maximum atomic E-state index is 13.2. The number of rotatable bonds is 5. The van der Waals surface area contributed by atoms with Crippen LogP contribution < -0.4 is 14.8 Å². The Kier molecular flexibility index (Phi) is 5.73. The van der Waals surface area contributed by atoms with E-state index in [1.165, 1.54) is 7.11 Å². The topological polar surface area (TPSA) is 73.9 Å². The summed E-state index contributed by atoms with van der Waals surface area (Å²) in [5.74, 6) is 0.288. The van der Waals surface area contributed by atoms with Crippen molar-refractivity contribution in [3.8, 4) is 11.5 Å². The number of carbonyl (C=O) groups excluding carboxylic acids is 2. The van der Waals surface area contributed by atoms with Gasteiger partial charge >= 0.3 is 5.97 Å². The zero-order chi connectivity index (χ0) is 21.3. The number of benzene rings is 1. The van der Waals surface area contributed by atoms with Crippen LogP contribution in [0, 0.1) is 5.41 Å². The van der Waals surface area contributed by atoms with Crippen molar-refractivity contribution in [1.29, 1.82) is 0 Å². The SMILES string of the molecule is CCOc1cc(C2C(C(=O)OC)=C(C)NC3=C2C(=O)CC(C)(C)C3)ccc1OC. The summed E-state index contributed by atoms with van der Waals surface area (Å²) in [5.41, 5.74) is 3.35. The highest BCUT2D eigenvalue weighted by Gasteiger charge is 2.43. The molecule has 0 aromatic heterocycles. The Morgan fingerprint density at radius 2 is 1.93 bits per heavy atom. The van der Waals surface area contributed by atoms with Gasteiger partial charge in [0.25, 0.3) is 0 Å². The molecular weight excluding hydrogens is 370 g/mol. The predicted octanol–water partition coefficient (Wildman–Crippen LogP) is 3.87. The fourth-order valence-electron chi connectivity index (χ4n) is 4.29. The minimum atomic E-state index is -0.507. The summed E-state index contributed by atoms with van der Waals surface area (Å²) < 4.78 is 16.2. The Labute approximate surface area is 171 Å². The summed E-state index contributed by atoms with van der Waals surface area (Å²) >= 11 is 0. The molecule has 1 aromatic carbocycles. The lowest BCUT2D eigenvalue weighted by molar-refractivity contribution is -0.136. The molecule has 1 aromatic rings. The van der Waals surface area contributed by atoms with Crippen LogP contribution in [0.5, 0.6) is 11.5 Å². The van der Waals surface area contributed by atoms with Gasteiger partial charge in [0.15, 0.2) is 17.3 Å². The van der Waals surface area contributed by atoms with Gasteiger partial charge in [-0.15, -0.1) is 0 Å². The number of hydrogen-bond donors (Lipinski definition) is 1. The summed E-state index contributed by atoms with van der Waals surface area (Å²) in [7, 11) is 2.94. The Morgan fingerprint density at radius 1 is 1.21 bits per heavy atom. The lowest BCUT2D eigenvalue weighted by Crippen LogP contribution is -2.38. The molecule has 1 unspecified atom stereocenters. The van der Waals surface area contributed by atoms with Crippen LogP contribution in [-0.4, -0.2) is 32.6 Å². The molecule has 2 aliphatic rings. The fourth-order valence-corrected chi connectivity index (χ4v) is 4.29. The van der Waals surface area contributed by atoms with Crippen LogP contribution in [0.15, 0.2) is 40.7 Å². The van der Waals surface area contributed by atoms with E-state index >= 15 is 0 Å². The molecule has 0 saturated carbocycles. The van der Waals surface area contributed by atoms with Gasteiger partial charge in [-0.2, -0.15) is 0 Å². The molecule has 1 heterocycles. The van der Waals surface area contributed by atoms with Crippen molar-refractivity contribution in [3.05, 3.63) is 46.3 Å². The second kappa shape index (κ2) is 7.93. The molecule has 3 rings (SSSR count). The van der Waals surface area contributed by atoms with Crippen molar-refractivity contribution in [2.45, 2.75) is 46.5 Å². The standard InChI is InChI=1S/C23H29NO5/c1-7-29-18-10-14(8-9-17(18)27-5)20-19(22(26)28-6)13(2)24-15-11-23(3,4)12-16(25)21(15)20/h8-10,20,24H,7,11-12H2,1-6H3. The van der Waals surface area contributed by atoms with Crippen molar-refractivity contribution < 1.29 is 23.8 Å². The van der Waals surface area contributed by atoms with E-state index in [4.69, 9.17) is 14.2 Å².